The SMILES string of the molecule is C#CCNCC(=O)Nc1cc(S(N)(=O)=O)ccc1OC. The smallest absolute Gasteiger partial charge is 0.238 e. The van der Waals surface area contributed by atoms with Crippen molar-refractivity contribution in [1.82, 2.24) is 5.32 Å². The molecule has 108 valence electrons. The van der Waals surface area contributed by atoms with Gasteiger partial charge in [0, 0.05) is 0 Å². The highest BCUT2D eigenvalue weighted by atomic mass is 32.2. The number of terminal acetylenes is 1. The molecule has 0 saturated carbocycles. The Hall–Kier alpha value is -2.08. The van der Waals surface area contributed by atoms with Gasteiger partial charge < -0.3 is 10.1 Å². The quantitative estimate of drug-likeness (QED) is 0.484. The lowest BCUT2D eigenvalue weighted by atomic mass is 10.3. The van der Waals surface area contributed by atoms with Crippen LogP contribution in [-0.2, 0) is 14.8 Å². The van der Waals surface area contributed by atoms with E-state index < -0.39 is 10.0 Å². The van der Waals surface area contributed by atoms with Crippen molar-refractivity contribution in [2.24, 2.45) is 5.14 Å². The second kappa shape index (κ2) is 6.91. The molecular formula is C12H15N3O4S. The number of hydrogen-bond acceptors (Lipinski definition) is 5. The number of nitrogens with two attached hydrogens (primary N) is 1. The molecule has 0 radical (unpaired) electrons. The van der Waals surface area contributed by atoms with E-state index in [2.05, 4.69) is 16.6 Å². The number of ether oxygens (including phenoxy) is 1. The number of carbonyl (C=O) groups excluding carboxylic acids is 1. The first-order valence-electron chi connectivity index (χ1n) is 5.53. The van der Waals surface area contributed by atoms with Crippen molar-refractivity contribution in [2.45, 2.75) is 4.90 Å². The van der Waals surface area contributed by atoms with Gasteiger partial charge in [0.15, 0.2) is 0 Å². The van der Waals surface area contributed by atoms with Gasteiger partial charge in [-0.25, -0.2) is 13.6 Å². The maximum absolute atomic E-state index is 11.6. The van der Waals surface area contributed by atoms with Gasteiger partial charge in [-0.15, -0.1) is 6.42 Å². The minimum absolute atomic E-state index is 0.00699. The van der Waals surface area contributed by atoms with Gasteiger partial charge in [0.05, 0.1) is 30.8 Å². The van der Waals surface area contributed by atoms with Gasteiger partial charge in [-0.3, -0.25) is 10.1 Å². The molecule has 0 aliphatic heterocycles. The first-order chi connectivity index (χ1) is 9.38. The third kappa shape index (κ3) is 4.55. The molecule has 1 rings (SSSR count). The summed E-state index contributed by atoms with van der Waals surface area (Å²) in [5.74, 6) is 2.26. The minimum Gasteiger partial charge on any atom is -0.495 e. The van der Waals surface area contributed by atoms with Crippen LogP contribution in [0.2, 0.25) is 0 Å². The molecule has 0 bridgehead atoms. The van der Waals surface area contributed by atoms with Gasteiger partial charge in [-0.1, -0.05) is 5.92 Å². The summed E-state index contributed by atoms with van der Waals surface area (Å²) < 4.78 is 27.6. The fraction of sp³-hybridized carbons (Fsp3) is 0.250. The fourth-order valence-electron chi connectivity index (χ4n) is 1.40. The molecule has 0 aliphatic carbocycles. The zero-order valence-electron chi connectivity index (χ0n) is 10.8. The van der Waals surface area contributed by atoms with Crippen LogP contribution in [0.1, 0.15) is 0 Å². The normalized spacial score (nSPS) is 10.7. The van der Waals surface area contributed by atoms with Crippen molar-refractivity contribution in [2.75, 3.05) is 25.5 Å². The first kappa shape index (κ1) is 16.0. The van der Waals surface area contributed by atoms with Crippen molar-refractivity contribution in [3.63, 3.8) is 0 Å². The lowest BCUT2D eigenvalue weighted by Crippen LogP contribution is -2.28. The van der Waals surface area contributed by atoms with E-state index in [1.54, 1.807) is 0 Å². The fourth-order valence-corrected chi connectivity index (χ4v) is 1.94. The molecule has 7 nitrogen and oxygen atoms in total. The van der Waals surface area contributed by atoms with E-state index in [4.69, 9.17) is 16.3 Å². The number of anilines is 1. The molecule has 8 heteroatoms. The molecule has 0 heterocycles. The van der Waals surface area contributed by atoms with Crippen molar-refractivity contribution in [3.8, 4) is 18.1 Å². The molecule has 0 aromatic heterocycles. The number of hydrogen-bond donors (Lipinski definition) is 3. The van der Waals surface area contributed by atoms with Crippen molar-refractivity contribution >= 4 is 21.6 Å². The second-order valence-electron chi connectivity index (χ2n) is 3.76. The van der Waals surface area contributed by atoms with Crippen LogP contribution in [0.25, 0.3) is 0 Å². The number of amides is 1. The Morgan fingerprint density at radius 2 is 2.20 bits per heavy atom. The molecule has 1 aromatic carbocycles. The summed E-state index contributed by atoms with van der Waals surface area (Å²) in [6.07, 6.45) is 5.04. The van der Waals surface area contributed by atoms with Crippen LogP contribution >= 0.6 is 0 Å². The Balaban J connectivity index is 2.92. The second-order valence-corrected chi connectivity index (χ2v) is 5.32. The molecule has 0 unspecified atom stereocenters. The molecule has 0 atom stereocenters. The third-order valence-corrected chi connectivity index (χ3v) is 3.20. The van der Waals surface area contributed by atoms with Crippen LogP contribution in [0.4, 0.5) is 5.69 Å². The van der Waals surface area contributed by atoms with Crippen molar-refractivity contribution in [3.05, 3.63) is 18.2 Å². The summed E-state index contributed by atoms with van der Waals surface area (Å²) in [5.41, 5.74) is 0.214. The summed E-state index contributed by atoms with van der Waals surface area (Å²) >= 11 is 0. The van der Waals surface area contributed by atoms with E-state index in [-0.39, 0.29) is 29.6 Å². The zero-order valence-corrected chi connectivity index (χ0v) is 11.7. The highest BCUT2D eigenvalue weighted by molar-refractivity contribution is 7.89. The van der Waals surface area contributed by atoms with Crippen LogP contribution in [0.15, 0.2) is 23.1 Å². The Morgan fingerprint density at radius 1 is 1.50 bits per heavy atom. The van der Waals surface area contributed by atoms with E-state index >= 15 is 0 Å². The average molecular weight is 297 g/mol. The number of methoxy groups -OCH3 is 1. The van der Waals surface area contributed by atoms with Crippen molar-refractivity contribution < 1.29 is 17.9 Å². The van der Waals surface area contributed by atoms with Crippen LogP contribution < -0.4 is 20.5 Å². The van der Waals surface area contributed by atoms with Gasteiger partial charge in [0.1, 0.15) is 5.75 Å². The van der Waals surface area contributed by atoms with E-state index in [1.165, 1.54) is 25.3 Å². The van der Waals surface area contributed by atoms with E-state index in [9.17, 15) is 13.2 Å². The molecule has 1 amide bonds. The van der Waals surface area contributed by atoms with Crippen LogP contribution in [0, 0.1) is 12.3 Å². The largest absolute Gasteiger partial charge is 0.495 e. The topological polar surface area (TPSA) is 111 Å². The lowest BCUT2D eigenvalue weighted by Gasteiger charge is -2.11. The van der Waals surface area contributed by atoms with Gasteiger partial charge in [0.25, 0.3) is 0 Å². The minimum atomic E-state index is -3.86. The average Bonchev–Trinajstić information content (AvgIpc) is 2.38. The summed E-state index contributed by atoms with van der Waals surface area (Å²) in [7, 11) is -2.46. The molecule has 0 saturated heterocycles. The highest BCUT2D eigenvalue weighted by Crippen LogP contribution is 2.26. The van der Waals surface area contributed by atoms with Crippen molar-refractivity contribution in [1.29, 1.82) is 0 Å². The summed E-state index contributed by atoms with van der Waals surface area (Å²) in [5, 5.41) is 10.3. The van der Waals surface area contributed by atoms with Gasteiger partial charge in [-0.05, 0) is 18.2 Å². The van der Waals surface area contributed by atoms with E-state index in [1.807, 2.05) is 0 Å². The highest BCUT2D eigenvalue weighted by Gasteiger charge is 2.13. The molecule has 0 spiro atoms. The molecule has 0 fully saturated rings. The van der Waals surface area contributed by atoms with E-state index in [0.717, 1.165) is 0 Å². The van der Waals surface area contributed by atoms with Crippen LogP contribution in [0.5, 0.6) is 5.75 Å². The maximum atomic E-state index is 11.6. The van der Waals surface area contributed by atoms with Gasteiger partial charge in [0.2, 0.25) is 15.9 Å². The Labute approximate surface area is 117 Å². The number of primary sulfonamides is 1. The summed E-state index contributed by atoms with van der Waals surface area (Å²) in [6, 6.07) is 3.93. The maximum Gasteiger partial charge on any atom is 0.238 e. The van der Waals surface area contributed by atoms with Gasteiger partial charge in [-0.2, -0.15) is 0 Å². The standard InChI is InChI=1S/C12H15N3O4S/c1-3-6-14-8-12(16)15-10-7-9(20(13,17)18)4-5-11(10)19-2/h1,4-5,7,14H,6,8H2,2H3,(H,15,16)(H2,13,17,18). The number of sulfonamides is 1. The Bertz CT molecular complexity index is 635. The molecule has 0 aliphatic rings. The third-order valence-electron chi connectivity index (χ3n) is 2.29. The number of benzene rings is 1. The van der Waals surface area contributed by atoms with E-state index in [0.29, 0.717) is 5.75 Å². The van der Waals surface area contributed by atoms with Gasteiger partial charge >= 0.3 is 0 Å². The number of nitrogens with one attached hydrogen (secondary N) is 2. The predicted octanol–water partition coefficient (Wildman–Crippen LogP) is -0.496. The first-order valence-corrected chi connectivity index (χ1v) is 7.08. The molecule has 20 heavy (non-hydrogen) atoms. The Morgan fingerprint density at radius 3 is 2.75 bits per heavy atom. The van der Waals surface area contributed by atoms with Crippen LogP contribution in [0.3, 0.4) is 0 Å². The lowest BCUT2D eigenvalue weighted by molar-refractivity contribution is -0.115. The monoisotopic (exact) mass is 297 g/mol. The zero-order chi connectivity index (χ0) is 15.2. The number of carbonyl (C=O) groups is 1. The predicted molar refractivity (Wildman–Crippen MR) is 74.7 cm³/mol. The summed E-state index contributed by atoms with van der Waals surface area (Å²) in [6.45, 7) is 0.245. The van der Waals surface area contributed by atoms with Crippen LogP contribution in [-0.4, -0.2) is 34.5 Å². The molecule has 4 N–H and O–H groups in total. The molecular weight excluding hydrogens is 282 g/mol. The molecule has 1 aromatic rings. The number of rotatable bonds is 6. The Kier molecular flexibility index (Phi) is 5.52. The summed E-state index contributed by atoms with van der Waals surface area (Å²) in [4.78, 5) is 11.5.